The van der Waals surface area contributed by atoms with Gasteiger partial charge in [-0.3, -0.25) is 0 Å². The zero-order valence-electron chi connectivity index (χ0n) is 9.98. The van der Waals surface area contributed by atoms with Crippen molar-refractivity contribution in [2.45, 2.75) is 38.6 Å². The second-order valence-electron chi connectivity index (χ2n) is 4.39. The number of nitrogens with zero attached hydrogens (tertiary/aromatic N) is 2. The largest absolute Gasteiger partial charge is 0.330 e. The Hall–Kier alpha value is -0.450. The van der Waals surface area contributed by atoms with Crippen LogP contribution >= 0.6 is 11.3 Å². The van der Waals surface area contributed by atoms with E-state index in [2.05, 4.69) is 16.8 Å². The maximum absolute atomic E-state index is 5.55. The van der Waals surface area contributed by atoms with Crippen LogP contribution in [0.3, 0.4) is 0 Å². The monoisotopic (exact) mass is 239 g/mol. The van der Waals surface area contributed by atoms with Crippen molar-refractivity contribution >= 4 is 11.3 Å². The Kier molecular flexibility index (Phi) is 4.32. The zero-order valence-corrected chi connectivity index (χ0v) is 10.8. The molecule has 1 fully saturated rings. The highest BCUT2D eigenvalue weighted by Crippen LogP contribution is 2.23. The number of hydrogen-bond acceptors (Lipinski definition) is 4. The fraction of sp³-hybridized carbons (Fsp3) is 0.750. The van der Waals surface area contributed by atoms with Crippen LogP contribution in [-0.2, 0) is 12.8 Å². The molecule has 1 unspecified atom stereocenters. The van der Waals surface area contributed by atoms with E-state index in [0.717, 1.165) is 25.4 Å². The summed E-state index contributed by atoms with van der Waals surface area (Å²) in [6.07, 6.45) is 6.78. The van der Waals surface area contributed by atoms with E-state index in [-0.39, 0.29) is 0 Å². The number of hydrogen-bond donors (Lipinski definition) is 1. The molecule has 0 saturated carbocycles. The summed E-state index contributed by atoms with van der Waals surface area (Å²) in [6.45, 7) is 5.42. The second kappa shape index (κ2) is 5.75. The third-order valence-corrected chi connectivity index (χ3v) is 4.39. The molecule has 2 N–H and O–H groups in total. The molecule has 0 aromatic carbocycles. The number of rotatable bonds is 5. The SMILES string of the molecule is CCN1CCCC1Cc1ncc(CCN)s1. The Morgan fingerprint density at radius 2 is 2.50 bits per heavy atom. The van der Waals surface area contributed by atoms with Crippen LogP contribution in [-0.4, -0.2) is 35.6 Å². The van der Waals surface area contributed by atoms with Gasteiger partial charge >= 0.3 is 0 Å². The molecular weight excluding hydrogens is 218 g/mol. The number of likely N-dealkylation sites (N-methyl/N-ethyl adjacent to an activating group) is 1. The number of thiazole rings is 1. The average Bonchev–Trinajstić information content (AvgIpc) is 2.89. The van der Waals surface area contributed by atoms with Gasteiger partial charge in [-0.15, -0.1) is 11.3 Å². The molecule has 0 bridgehead atoms. The Bertz CT molecular complexity index is 324. The van der Waals surface area contributed by atoms with Crippen molar-refractivity contribution in [1.82, 2.24) is 9.88 Å². The van der Waals surface area contributed by atoms with E-state index in [0.29, 0.717) is 0 Å². The summed E-state index contributed by atoms with van der Waals surface area (Å²) in [4.78, 5) is 8.41. The van der Waals surface area contributed by atoms with Crippen LogP contribution in [0.5, 0.6) is 0 Å². The van der Waals surface area contributed by atoms with E-state index in [1.807, 2.05) is 17.5 Å². The number of aromatic nitrogens is 1. The van der Waals surface area contributed by atoms with Crippen molar-refractivity contribution in [2.24, 2.45) is 5.73 Å². The third kappa shape index (κ3) is 2.81. The highest BCUT2D eigenvalue weighted by Gasteiger charge is 2.23. The van der Waals surface area contributed by atoms with Crippen molar-refractivity contribution in [3.63, 3.8) is 0 Å². The molecule has 1 aliphatic rings. The van der Waals surface area contributed by atoms with Gasteiger partial charge in [0.05, 0.1) is 5.01 Å². The van der Waals surface area contributed by atoms with Gasteiger partial charge in [-0.25, -0.2) is 4.98 Å². The minimum atomic E-state index is 0.724. The second-order valence-corrected chi connectivity index (χ2v) is 5.59. The van der Waals surface area contributed by atoms with Gasteiger partial charge in [-0.1, -0.05) is 6.92 Å². The Labute approximate surface area is 102 Å². The Balaban J connectivity index is 1.92. The molecule has 1 saturated heterocycles. The standard InChI is InChI=1S/C12H21N3S/c1-2-15-7-3-4-10(15)8-12-14-9-11(16-12)5-6-13/h9-10H,2-8,13H2,1H3. The summed E-state index contributed by atoms with van der Waals surface area (Å²) < 4.78 is 0. The number of likely N-dealkylation sites (tertiary alicyclic amines) is 1. The van der Waals surface area contributed by atoms with Crippen molar-refractivity contribution in [1.29, 1.82) is 0 Å². The average molecular weight is 239 g/mol. The predicted molar refractivity (Wildman–Crippen MR) is 68.8 cm³/mol. The van der Waals surface area contributed by atoms with E-state index in [1.165, 1.54) is 35.8 Å². The molecular formula is C12H21N3S. The molecule has 0 radical (unpaired) electrons. The lowest BCUT2D eigenvalue weighted by Gasteiger charge is -2.21. The molecule has 2 rings (SSSR count). The first-order valence-corrected chi connectivity index (χ1v) is 7.02. The predicted octanol–water partition coefficient (Wildman–Crippen LogP) is 1.67. The van der Waals surface area contributed by atoms with E-state index < -0.39 is 0 Å². The van der Waals surface area contributed by atoms with Gasteiger partial charge in [-0.05, 0) is 38.9 Å². The first kappa shape index (κ1) is 12.0. The third-order valence-electron chi connectivity index (χ3n) is 3.31. The van der Waals surface area contributed by atoms with Crippen LogP contribution in [0.4, 0.5) is 0 Å². The van der Waals surface area contributed by atoms with E-state index in [1.54, 1.807) is 0 Å². The van der Waals surface area contributed by atoms with Gasteiger partial charge in [0.2, 0.25) is 0 Å². The molecule has 1 aliphatic heterocycles. The van der Waals surface area contributed by atoms with Gasteiger partial charge in [0, 0.05) is 23.5 Å². The summed E-state index contributed by atoms with van der Waals surface area (Å²) in [5.41, 5.74) is 5.55. The normalized spacial score (nSPS) is 21.8. The lowest BCUT2D eigenvalue weighted by Crippen LogP contribution is -2.30. The molecule has 90 valence electrons. The van der Waals surface area contributed by atoms with E-state index in [9.17, 15) is 0 Å². The molecule has 16 heavy (non-hydrogen) atoms. The molecule has 1 aromatic rings. The first-order valence-electron chi connectivity index (χ1n) is 6.21. The number of nitrogens with two attached hydrogens (primary N) is 1. The maximum atomic E-state index is 5.55. The fourth-order valence-corrected chi connectivity index (χ4v) is 3.45. The highest BCUT2D eigenvalue weighted by molar-refractivity contribution is 7.11. The Morgan fingerprint density at radius 1 is 1.62 bits per heavy atom. The summed E-state index contributed by atoms with van der Waals surface area (Å²) >= 11 is 1.84. The molecule has 2 heterocycles. The van der Waals surface area contributed by atoms with E-state index in [4.69, 9.17) is 5.73 Å². The van der Waals surface area contributed by atoms with Gasteiger partial charge in [-0.2, -0.15) is 0 Å². The van der Waals surface area contributed by atoms with Gasteiger partial charge in [0.25, 0.3) is 0 Å². The van der Waals surface area contributed by atoms with Gasteiger partial charge in [0.1, 0.15) is 0 Å². The first-order chi connectivity index (χ1) is 7.83. The molecule has 4 heteroatoms. The lowest BCUT2D eigenvalue weighted by atomic mass is 10.1. The van der Waals surface area contributed by atoms with Crippen LogP contribution in [0.15, 0.2) is 6.20 Å². The highest BCUT2D eigenvalue weighted by atomic mass is 32.1. The molecule has 3 nitrogen and oxygen atoms in total. The van der Waals surface area contributed by atoms with Crippen LogP contribution < -0.4 is 5.73 Å². The van der Waals surface area contributed by atoms with Crippen LogP contribution in [0.2, 0.25) is 0 Å². The fourth-order valence-electron chi connectivity index (χ4n) is 2.44. The van der Waals surface area contributed by atoms with Crippen molar-refractivity contribution in [3.8, 4) is 0 Å². The molecule has 0 aliphatic carbocycles. The molecule has 0 spiro atoms. The summed E-state index contributed by atoms with van der Waals surface area (Å²) in [7, 11) is 0. The smallest absolute Gasteiger partial charge is 0.0943 e. The van der Waals surface area contributed by atoms with Gasteiger partial charge < -0.3 is 10.6 Å². The van der Waals surface area contributed by atoms with Crippen molar-refractivity contribution in [3.05, 3.63) is 16.1 Å². The Morgan fingerprint density at radius 3 is 3.25 bits per heavy atom. The maximum Gasteiger partial charge on any atom is 0.0943 e. The summed E-state index contributed by atoms with van der Waals surface area (Å²) in [5, 5.41) is 1.29. The van der Waals surface area contributed by atoms with Crippen LogP contribution in [0.25, 0.3) is 0 Å². The quantitative estimate of drug-likeness (QED) is 0.850. The van der Waals surface area contributed by atoms with Crippen LogP contribution in [0, 0.1) is 0 Å². The van der Waals surface area contributed by atoms with Gasteiger partial charge in [0.15, 0.2) is 0 Å². The minimum Gasteiger partial charge on any atom is -0.330 e. The van der Waals surface area contributed by atoms with Crippen molar-refractivity contribution < 1.29 is 0 Å². The molecule has 1 aromatic heterocycles. The van der Waals surface area contributed by atoms with Crippen LogP contribution in [0.1, 0.15) is 29.7 Å². The topological polar surface area (TPSA) is 42.2 Å². The summed E-state index contributed by atoms with van der Waals surface area (Å²) in [5.74, 6) is 0. The summed E-state index contributed by atoms with van der Waals surface area (Å²) in [6, 6.07) is 0.724. The van der Waals surface area contributed by atoms with Crippen molar-refractivity contribution in [2.75, 3.05) is 19.6 Å². The lowest BCUT2D eigenvalue weighted by molar-refractivity contribution is 0.266. The minimum absolute atomic E-state index is 0.724. The molecule has 0 amide bonds. The zero-order chi connectivity index (χ0) is 11.4. The van der Waals surface area contributed by atoms with E-state index >= 15 is 0 Å². The molecule has 1 atom stereocenters.